The van der Waals surface area contributed by atoms with Crippen LogP contribution in [0.25, 0.3) is 0 Å². The summed E-state index contributed by atoms with van der Waals surface area (Å²) in [6.07, 6.45) is 0.722. The number of benzene rings is 1. The molecule has 0 saturated carbocycles. The smallest absolute Gasteiger partial charge is 0.335 e. The van der Waals surface area contributed by atoms with E-state index in [-0.39, 0.29) is 5.69 Å². The lowest BCUT2D eigenvalue weighted by Crippen LogP contribution is -2.07. The average molecular weight is 215 g/mol. The van der Waals surface area contributed by atoms with Crippen molar-refractivity contribution in [2.75, 3.05) is 11.9 Å². The Balaban J connectivity index is 3.04. The highest BCUT2D eigenvalue weighted by atomic mass is 19.1. The van der Waals surface area contributed by atoms with Gasteiger partial charge in [0.1, 0.15) is 17.3 Å². The minimum atomic E-state index is -1.35. The number of carbonyl (C=O) groups is 1. The van der Waals surface area contributed by atoms with Gasteiger partial charge in [0.25, 0.3) is 0 Å². The van der Waals surface area contributed by atoms with E-state index in [4.69, 9.17) is 5.11 Å². The molecule has 0 spiro atoms. The molecule has 2 N–H and O–H groups in total. The van der Waals surface area contributed by atoms with E-state index in [0.29, 0.717) is 6.54 Å². The molecule has 0 aliphatic rings. The Kier molecular flexibility index (Phi) is 3.60. The normalized spacial score (nSPS) is 10.1. The fraction of sp³-hybridized carbons (Fsp3) is 0.300. The largest absolute Gasteiger partial charge is 0.478 e. The molecular formula is C10H11F2NO2. The van der Waals surface area contributed by atoms with Gasteiger partial charge < -0.3 is 10.4 Å². The molecule has 1 rings (SSSR count). The number of rotatable bonds is 4. The summed E-state index contributed by atoms with van der Waals surface area (Å²) in [6.45, 7) is 2.29. The Labute approximate surface area is 85.7 Å². The minimum Gasteiger partial charge on any atom is -0.478 e. The number of hydrogen-bond donors (Lipinski definition) is 2. The van der Waals surface area contributed by atoms with Crippen LogP contribution in [0.2, 0.25) is 0 Å². The first-order valence-corrected chi connectivity index (χ1v) is 4.52. The standard InChI is InChI=1S/C10H11F2NO2/c1-2-3-13-9-7(11)4-6(10(14)15)5-8(9)12/h4-5,13H,2-3H2,1H3,(H,14,15). The summed E-state index contributed by atoms with van der Waals surface area (Å²) >= 11 is 0. The maximum Gasteiger partial charge on any atom is 0.335 e. The van der Waals surface area contributed by atoms with Crippen LogP contribution in [0.3, 0.4) is 0 Å². The molecule has 0 bridgehead atoms. The van der Waals surface area contributed by atoms with Crippen molar-refractivity contribution in [1.82, 2.24) is 0 Å². The van der Waals surface area contributed by atoms with Gasteiger partial charge in [0.2, 0.25) is 0 Å². The molecule has 82 valence electrons. The van der Waals surface area contributed by atoms with Crippen molar-refractivity contribution in [2.24, 2.45) is 0 Å². The van der Waals surface area contributed by atoms with Crippen LogP contribution < -0.4 is 5.32 Å². The molecule has 1 aromatic carbocycles. The zero-order valence-electron chi connectivity index (χ0n) is 8.18. The van der Waals surface area contributed by atoms with Gasteiger partial charge in [-0.3, -0.25) is 0 Å². The van der Waals surface area contributed by atoms with Crippen molar-refractivity contribution < 1.29 is 18.7 Å². The zero-order valence-corrected chi connectivity index (χ0v) is 8.18. The third-order valence-corrected chi connectivity index (χ3v) is 1.84. The third kappa shape index (κ3) is 2.65. The maximum atomic E-state index is 13.2. The van der Waals surface area contributed by atoms with E-state index in [1.807, 2.05) is 6.92 Å². The van der Waals surface area contributed by atoms with E-state index in [2.05, 4.69) is 5.32 Å². The van der Waals surface area contributed by atoms with Gasteiger partial charge in [0, 0.05) is 6.54 Å². The van der Waals surface area contributed by atoms with E-state index < -0.39 is 23.2 Å². The Bertz CT molecular complexity index is 357. The summed E-state index contributed by atoms with van der Waals surface area (Å²) in [4.78, 5) is 10.5. The lowest BCUT2D eigenvalue weighted by atomic mass is 10.2. The highest BCUT2D eigenvalue weighted by Crippen LogP contribution is 2.20. The van der Waals surface area contributed by atoms with Crippen LogP contribution in [0.1, 0.15) is 23.7 Å². The van der Waals surface area contributed by atoms with Crippen LogP contribution >= 0.6 is 0 Å². The molecule has 0 fully saturated rings. The van der Waals surface area contributed by atoms with Crippen molar-refractivity contribution in [3.8, 4) is 0 Å². The topological polar surface area (TPSA) is 49.3 Å². The van der Waals surface area contributed by atoms with Crippen molar-refractivity contribution >= 4 is 11.7 Å². The highest BCUT2D eigenvalue weighted by Gasteiger charge is 2.13. The van der Waals surface area contributed by atoms with Crippen LogP contribution in [0.5, 0.6) is 0 Å². The molecule has 3 nitrogen and oxygen atoms in total. The number of halogens is 2. The first kappa shape index (κ1) is 11.4. The van der Waals surface area contributed by atoms with Crippen molar-refractivity contribution in [2.45, 2.75) is 13.3 Å². The SMILES string of the molecule is CCCNc1c(F)cc(C(=O)O)cc1F. The van der Waals surface area contributed by atoms with Gasteiger partial charge in [-0.05, 0) is 18.6 Å². The number of aromatic carboxylic acids is 1. The van der Waals surface area contributed by atoms with Crippen LogP contribution in [0.15, 0.2) is 12.1 Å². The van der Waals surface area contributed by atoms with Gasteiger partial charge in [0.05, 0.1) is 5.56 Å². The molecule has 0 heterocycles. The minimum absolute atomic E-state index is 0.276. The number of carboxylic acid groups (broad SMARTS) is 1. The van der Waals surface area contributed by atoms with E-state index in [0.717, 1.165) is 18.6 Å². The van der Waals surface area contributed by atoms with Gasteiger partial charge in [0.15, 0.2) is 0 Å². The van der Waals surface area contributed by atoms with Crippen molar-refractivity contribution in [1.29, 1.82) is 0 Å². The monoisotopic (exact) mass is 215 g/mol. The van der Waals surface area contributed by atoms with Gasteiger partial charge in [-0.2, -0.15) is 0 Å². The second-order valence-corrected chi connectivity index (χ2v) is 3.05. The Morgan fingerprint density at radius 3 is 2.33 bits per heavy atom. The van der Waals surface area contributed by atoms with Gasteiger partial charge in [-0.15, -0.1) is 0 Å². The first-order chi connectivity index (χ1) is 7.06. The second kappa shape index (κ2) is 4.72. The Hall–Kier alpha value is -1.65. The number of nitrogens with one attached hydrogen (secondary N) is 1. The molecule has 1 aromatic rings. The first-order valence-electron chi connectivity index (χ1n) is 4.52. The van der Waals surface area contributed by atoms with E-state index >= 15 is 0 Å². The summed E-state index contributed by atoms with van der Waals surface area (Å²) in [6, 6.07) is 1.59. The van der Waals surface area contributed by atoms with Gasteiger partial charge in [-0.25, -0.2) is 13.6 Å². The van der Waals surface area contributed by atoms with Gasteiger partial charge in [-0.1, -0.05) is 6.92 Å². The quantitative estimate of drug-likeness (QED) is 0.811. The predicted octanol–water partition coefficient (Wildman–Crippen LogP) is 2.48. The summed E-state index contributed by atoms with van der Waals surface area (Å²) in [5.41, 5.74) is -0.672. The van der Waals surface area contributed by atoms with Crippen LogP contribution in [0.4, 0.5) is 14.5 Å². The highest BCUT2D eigenvalue weighted by molar-refractivity contribution is 5.88. The number of hydrogen-bond acceptors (Lipinski definition) is 2. The van der Waals surface area contributed by atoms with E-state index in [9.17, 15) is 13.6 Å². The molecule has 0 unspecified atom stereocenters. The average Bonchev–Trinajstić information content (AvgIpc) is 2.16. The summed E-state index contributed by atoms with van der Waals surface area (Å²) < 4.78 is 26.5. The van der Waals surface area contributed by atoms with Crippen molar-refractivity contribution in [3.05, 3.63) is 29.3 Å². The molecule has 0 aliphatic heterocycles. The van der Waals surface area contributed by atoms with E-state index in [1.54, 1.807) is 0 Å². The zero-order chi connectivity index (χ0) is 11.4. The summed E-state index contributed by atoms with van der Waals surface area (Å²) in [5, 5.41) is 11.1. The number of carboxylic acids is 1. The summed E-state index contributed by atoms with van der Waals surface area (Å²) in [5.74, 6) is -3.13. The predicted molar refractivity (Wildman–Crippen MR) is 52.1 cm³/mol. The fourth-order valence-electron chi connectivity index (χ4n) is 1.12. The van der Waals surface area contributed by atoms with Crippen LogP contribution in [-0.4, -0.2) is 17.6 Å². The Morgan fingerprint density at radius 1 is 1.40 bits per heavy atom. The van der Waals surface area contributed by atoms with Crippen LogP contribution in [0, 0.1) is 11.6 Å². The lowest BCUT2D eigenvalue weighted by Gasteiger charge is -2.08. The molecule has 0 aliphatic carbocycles. The maximum absolute atomic E-state index is 13.2. The molecule has 0 atom stereocenters. The fourth-order valence-corrected chi connectivity index (χ4v) is 1.12. The summed E-state index contributed by atoms with van der Waals surface area (Å²) in [7, 11) is 0. The molecule has 5 heteroatoms. The molecule has 0 aromatic heterocycles. The third-order valence-electron chi connectivity index (χ3n) is 1.84. The van der Waals surface area contributed by atoms with E-state index in [1.165, 1.54) is 0 Å². The van der Waals surface area contributed by atoms with Crippen molar-refractivity contribution in [3.63, 3.8) is 0 Å². The molecule has 0 saturated heterocycles. The molecular weight excluding hydrogens is 204 g/mol. The van der Waals surface area contributed by atoms with Crippen LogP contribution in [-0.2, 0) is 0 Å². The Morgan fingerprint density at radius 2 is 1.93 bits per heavy atom. The lowest BCUT2D eigenvalue weighted by molar-refractivity contribution is 0.0696. The van der Waals surface area contributed by atoms with Gasteiger partial charge >= 0.3 is 5.97 Å². The second-order valence-electron chi connectivity index (χ2n) is 3.05. The number of anilines is 1. The molecule has 0 radical (unpaired) electrons. The molecule has 0 amide bonds. The molecule has 15 heavy (non-hydrogen) atoms.